The molecule has 2 aromatic heterocycles. The zero-order valence-corrected chi connectivity index (χ0v) is 13.1. The number of hydrogen-bond acceptors (Lipinski definition) is 4. The van der Waals surface area contributed by atoms with Crippen molar-refractivity contribution < 1.29 is 4.79 Å². The first-order valence-corrected chi connectivity index (χ1v) is 8.80. The van der Waals surface area contributed by atoms with Crippen molar-refractivity contribution in [2.45, 2.75) is 11.7 Å². The molecule has 4 nitrogen and oxygen atoms in total. The van der Waals surface area contributed by atoms with Crippen LogP contribution in [0.15, 0.2) is 40.6 Å². The number of thioether (sulfide) groups is 1. The highest BCUT2D eigenvalue weighted by molar-refractivity contribution is 7.99. The fourth-order valence-corrected chi connectivity index (χ4v) is 4.64. The van der Waals surface area contributed by atoms with E-state index in [-0.39, 0.29) is 11.5 Å². The molecular weight excluding hydrogens is 304 g/mol. The zero-order chi connectivity index (χ0) is 14.7. The Morgan fingerprint density at radius 1 is 1.29 bits per heavy atom. The lowest BCUT2D eigenvalue weighted by atomic mass is 10.2. The summed E-state index contributed by atoms with van der Waals surface area (Å²) >= 11 is 3.70. The van der Waals surface area contributed by atoms with Crippen LogP contribution in [-0.2, 0) is 0 Å². The maximum atomic E-state index is 12.5. The van der Waals surface area contributed by atoms with Gasteiger partial charge in [0.25, 0.3) is 5.91 Å². The Hall–Kier alpha value is -1.53. The Kier molecular flexibility index (Phi) is 4.45. The minimum atomic E-state index is -0.185. The van der Waals surface area contributed by atoms with Crippen LogP contribution >= 0.6 is 23.1 Å². The van der Waals surface area contributed by atoms with E-state index in [1.807, 2.05) is 16.7 Å². The average molecular weight is 320 g/mol. The largest absolute Gasteiger partial charge is 0.338 e. The Bertz CT molecular complexity index is 646. The predicted molar refractivity (Wildman–Crippen MR) is 87.1 cm³/mol. The second-order valence-electron chi connectivity index (χ2n) is 4.90. The quantitative estimate of drug-likeness (QED) is 0.926. The molecule has 0 radical (unpaired) electrons. The van der Waals surface area contributed by atoms with Crippen LogP contribution in [0.4, 0.5) is 0 Å². The second-order valence-corrected chi connectivity index (χ2v) is 7.19. The van der Waals surface area contributed by atoms with Crippen molar-refractivity contribution in [3.05, 3.63) is 56.6 Å². The first kappa shape index (κ1) is 14.4. The standard InChI is InChI=1S/C15H16N2O2S2/c18-14-4-3-11(10-16-14)15(19)17-6-5-13(21-9-7-17)12-2-1-8-20-12/h1-4,8,10,13H,5-7,9H2,(H,16,18)/t13-/m1/s1. The molecule has 3 rings (SSSR count). The third-order valence-electron chi connectivity index (χ3n) is 3.52. The molecule has 0 bridgehead atoms. The van der Waals surface area contributed by atoms with E-state index >= 15 is 0 Å². The van der Waals surface area contributed by atoms with Crippen molar-refractivity contribution in [3.63, 3.8) is 0 Å². The molecule has 1 fully saturated rings. The monoisotopic (exact) mass is 320 g/mol. The number of H-pyrrole nitrogens is 1. The fraction of sp³-hybridized carbons (Fsp3) is 0.333. The number of nitrogens with one attached hydrogen (secondary N) is 1. The molecule has 110 valence electrons. The summed E-state index contributed by atoms with van der Waals surface area (Å²) in [6, 6.07) is 7.24. The number of amides is 1. The summed E-state index contributed by atoms with van der Waals surface area (Å²) in [6.45, 7) is 1.51. The van der Waals surface area contributed by atoms with Crippen molar-refractivity contribution in [3.8, 4) is 0 Å². The molecule has 1 aliphatic rings. The van der Waals surface area contributed by atoms with Crippen LogP contribution in [0.3, 0.4) is 0 Å². The van der Waals surface area contributed by atoms with Gasteiger partial charge in [-0.05, 0) is 23.9 Å². The third-order valence-corrected chi connectivity index (χ3v) is 5.97. The Morgan fingerprint density at radius 3 is 2.90 bits per heavy atom. The maximum Gasteiger partial charge on any atom is 0.255 e. The summed E-state index contributed by atoms with van der Waals surface area (Å²) in [5.74, 6) is 0.941. The number of carbonyl (C=O) groups is 1. The van der Waals surface area contributed by atoms with E-state index in [2.05, 4.69) is 22.5 Å². The molecule has 0 spiro atoms. The van der Waals surface area contributed by atoms with E-state index < -0.39 is 0 Å². The molecule has 0 saturated carbocycles. The summed E-state index contributed by atoms with van der Waals surface area (Å²) in [7, 11) is 0. The van der Waals surface area contributed by atoms with Gasteiger partial charge in [0.2, 0.25) is 5.56 Å². The minimum Gasteiger partial charge on any atom is -0.338 e. The van der Waals surface area contributed by atoms with Gasteiger partial charge in [-0.25, -0.2) is 0 Å². The molecule has 1 atom stereocenters. The number of carbonyl (C=O) groups excluding carboxylic acids is 1. The molecule has 1 N–H and O–H groups in total. The molecule has 1 amide bonds. The summed E-state index contributed by atoms with van der Waals surface area (Å²) in [5.41, 5.74) is 0.366. The normalized spacial score (nSPS) is 19.2. The van der Waals surface area contributed by atoms with E-state index in [1.165, 1.54) is 17.1 Å². The van der Waals surface area contributed by atoms with Gasteiger partial charge in [-0.15, -0.1) is 11.3 Å². The highest BCUT2D eigenvalue weighted by atomic mass is 32.2. The van der Waals surface area contributed by atoms with Gasteiger partial charge >= 0.3 is 0 Å². The number of pyridine rings is 1. The van der Waals surface area contributed by atoms with Crippen LogP contribution in [0.25, 0.3) is 0 Å². The lowest BCUT2D eigenvalue weighted by Crippen LogP contribution is -2.33. The van der Waals surface area contributed by atoms with E-state index in [1.54, 1.807) is 17.4 Å². The van der Waals surface area contributed by atoms with E-state index in [0.29, 0.717) is 10.8 Å². The maximum absolute atomic E-state index is 12.5. The highest BCUT2D eigenvalue weighted by Gasteiger charge is 2.23. The molecule has 3 heterocycles. The summed E-state index contributed by atoms with van der Waals surface area (Å²) in [4.78, 5) is 29.4. The zero-order valence-electron chi connectivity index (χ0n) is 11.5. The van der Waals surface area contributed by atoms with Gasteiger partial charge in [0.15, 0.2) is 0 Å². The molecule has 6 heteroatoms. The summed E-state index contributed by atoms with van der Waals surface area (Å²) < 4.78 is 0. The number of nitrogens with zero attached hydrogens (tertiary/aromatic N) is 1. The predicted octanol–water partition coefficient (Wildman–Crippen LogP) is 2.76. The SMILES string of the molecule is O=C(c1ccc(=O)[nH]c1)N1CCS[C@@H](c2cccs2)CC1. The van der Waals surface area contributed by atoms with Crippen molar-refractivity contribution >= 4 is 29.0 Å². The van der Waals surface area contributed by atoms with Gasteiger partial charge in [0.05, 0.1) is 5.56 Å². The lowest BCUT2D eigenvalue weighted by Gasteiger charge is -2.20. The van der Waals surface area contributed by atoms with Crippen molar-refractivity contribution in [1.82, 2.24) is 9.88 Å². The topological polar surface area (TPSA) is 53.2 Å². The van der Waals surface area contributed by atoms with E-state index in [4.69, 9.17) is 0 Å². The van der Waals surface area contributed by atoms with Crippen LogP contribution < -0.4 is 5.56 Å². The number of aromatic nitrogens is 1. The van der Waals surface area contributed by atoms with Gasteiger partial charge in [-0.2, -0.15) is 11.8 Å². The molecule has 0 unspecified atom stereocenters. The molecule has 0 aromatic carbocycles. The van der Waals surface area contributed by atoms with E-state index in [0.717, 1.165) is 25.3 Å². The van der Waals surface area contributed by atoms with Gasteiger partial charge in [-0.3, -0.25) is 9.59 Å². The van der Waals surface area contributed by atoms with Crippen molar-refractivity contribution in [1.29, 1.82) is 0 Å². The van der Waals surface area contributed by atoms with Crippen LogP contribution in [-0.4, -0.2) is 34.6 Å². The Balaban J connectivity index is 1.68. The molecule has 1 aliphatic heterocycles. The minimum absolute atomic E-state index is 0.00122. The second kappa shape index (κ2) is 6.49. The van der Waals surface area contributed by atoms with Gasteiger partial charge < -0.3 is 9.88 Å². The highest BCUT2D eigenvalue weighted by Crippen LogP contribution is 2.36. The van der Waals surface area contributed by atoms with Crippen LogP contribution in [0.2, 0.25) is 0 Å². The number of rotatable bonds is 2. The van der Waals surface area contributed by atoms with Gasteiger partial charge in [-0.1, -0.05) is 6.07 Å². The molecule has 1 saturated heterocycles. The van der Waals surface area contributed by atoms with Crippen LogP contribution in [0, 0.1) is 0 Å². The van der Waals surface area contributed by atoms with Gasteiger partial charge in [0.1, 0.15) is 0 Å². The lowest BCUT2D eigenvalue weighted by molar-refractivity contribution is 0.0766. The van der Waals surface area contributed by atoms with Crippen LogP contribution in [0.5, 0.6) is 0 Å². The molecule has 2 aromatic rings. The molecule has 0 aliphatic carbocycles. The average Bonchev–Trinajstić information content (AvgIpc) is 2.92. The first-order chi connectivity index (χ1) is 10.2. The Morgan fingerprint density at radius 2 is 2.19 bits per heavy atom. The summed E-state index contributed by atoms with van der Waals surface area (Å²) in [6.07, 6.45) is 2.47. The smallest absolute Gasteiger partial charge is 0.255 e. The van der Waals surface area contributed by atoms with Crippen molar-refractivity contribution in [2.24, 2.45) is 0 Å². The molecule has 21 heavy (non-hydrogen) atoms. The number of thiophene rings is 1. The van der Waals surface area contributed by atoms with Crippen molar-refractivity contribution in [2.75, 3.05) is 18.8 Å². The Labute approximate surface area is 131 Å². The number of hydrogen-bond donors (Lipinski definition) is 1. The first-order valence-electron chi connectivity index (χ1n) is 6.87. The van der Waals surface area contributed by atoms with E-state index in [9.17, 15) is 9.59 Å². The van der Waals surface area contributed by atoms with Crippen LogP contribution in [0.1, 0.15) is 26.9 Å². The third kappa shape index (κ3) is 3.39. The van der Waals surface area contributed by atoms with Gasteiger partial charge in [0, 0.05) is 41.2 Å². The fourth-order valence-electron chi connectivity index (χ4n) is 2.40. The number of aromatic amines is 1. The molecular formula is C15H16N2O2S2. The summed E-state index contributed by atoms with van der Waals surface area (Å²) in [5, 5.41) is 2.59.